The van der Waals surface area contributed by atoms with Crippen molar-refractivity contribution >= 4 is 29.3 Å². The first kappa shape index (κ1) is 24.1. The quantitative estimate of drug-likeness (QED) is 0.406. The molecule has 0 saturated heterocycles. The van der Waals surface area contributed by atoms with E-state index in [1.807, 2.05) is 30.3 Å². The number of amides is 2. The van der Waals surface area contributed by atoms with Crippen molar-refractivity contribution in [3.8, 4) is 11.5 Å². The summed E-state index contributed by atoms with van der Waals surface area (Å²) in [6, 6.07) is 22.0. The Morgan fingerprint density at radius 2 is 1.45 bits per heavy atom. The number of ether oxygens (including phenoxy) is 2. The third-order valence-electron chi connectivity index (χ3n) is 4.44. The molecule has 0 aromatic heterocycles. The molecule has 0 saturated carbocycles. The monoisotopic (exact) mass is 466 g/mol. The van der Waals surface area contributed by atoms with Gasteiger partial charge in [-0.3, -0.25) is 0 Å². The van der Waals surface area contributed by atoms with Gasteiger partial charge in [0.25, 0.3) is 0 Å². The SMILES string of the molecule is CC(C)(C)OC(=O)C(Cc1ccccc1)NC(=O)Nc1ccc(Oc2ccc(Cl)cc2)cc1. The minimum absolute atomic E-state index is 0.317. The second-order valence-electron chi connectivity index (χ2n) is 8.45. The maximum atomic E-state index is 12.7. The molecule has 1 atom stereocenters. The number of anilines is 1. The first-order valence-electron chi connectivity index (χ1n) is 10.6. The number of nitrogens with one attached hydrogen (secondary N) is 2. The highest BCUT2D eigenvalue weighted by molar-refractivity contribution is 6.30. The summed E-state index contributed by atoms with van der Waals surface area (Å²) in [6.07, 6.45) is 0.317. The third kappa shape index (κ3) is 8.16. The van der Waals surface area contributed by atoms with Crippen LogP contribution in [0.1, 0.15) is 26.3 Å². The van der Waals surface area contributed by atoms with Gasteiger partial charge >= 0.3 is 12.0 Å². The van der Waals surface area contributed by atoms with Gasteiger partial charge in [-0.15, -0.1) is 0 Å². The van der Waals surface area contributed by atoms with E-state index in [-0.39, 0.29) is 0 Å². The van der Waals surface area contributed by atoms with Gasteiger partial charge in [0.15, 0.2) is 0 Å². The van der Waals surface area contributed by atoms with Crippen LogP contribution in [0.2, 0.25) is 5.02 Å². The highest BCUT2D eigenvalue weighted by atomic mass is 35.5. The summed E-state index contributed by atoms with van der Waals surface area (Å²) in [5.41, 5.74) is 0.806. The van der Waals surface area contributed by atoms with Crippen LogP contribution in [0.4, 0.5) is 10.5 Å². The molecule has 3 rings (SSSR count). The summed E-state index contributed by atoms with van der Waals surface area (Å²) in [5.74, 6) is 0.770. The molecule has 0 bridgehead atoms. The average Bonchev–Trinajstić information content (AvgIpc) is 2.76. The number of carbonyl (C=O) groups is 2. The Kier molecular flexibility index (Phi) is 7.96. The van der Waals surface area contributed by atoms with Gasteiger partial charge in [-0.05, 0) is 74.9 Å². The molecular formula is C26H27ClN2O4. The molecule has 1 unspecified atom stereocenters. The zero-order chi connectivity index (χ0) is 23.8. The Morgan fingerprint density at radius 3 is 2.03 bits per heavy atom. The van der Waals surface area contributed by atoms with E-state index >= 15 is 0 Å². The topological polar surface area (TPSA) is 76.7 Å². The van der Waals surface area contributed by atoms with Crippen LogP contribution in [0.15, 0.2) is 78.9 Å². The second kappa shape index (κ2) is 10.9. The van der Waals surface area contributed by atoms with Gasteiger partial charge in [0.1, 0.15) is 23.1 Å². The van der Waals surface area contributed by atoms with Crippen molar-refractivity contribution in [2.75, 3.05) is 5.32 Å². The Labute approximate surface area is 198 Å². The second-order valence-corrected chi connectivity index (χ2v) is 8.89. The average molecular weight is 467 g/mol. The van der Waals surface area contributed by atoms with Gasteiger partial charge in [0.2, 0.25) is 0 Å². The predicted molar refractivity (Wildman–Crippen MR) is 130 cm³/mol. The first-order chi connectivity index (χ1) is 15.7. The molecule has 7 heteroatoms. The number of esters is 1. The third-order valence-corrected chi connectivity index (χ3v) is 4.69. The van der Waals surface area contributed by atoms with Crippen LogP contribution in [0, 0.1) is 0 Å². The Bertz CT molecular complexity index is 1060. The summed E-state index contributed by atoms with van der Waals surface area (Å²) >= 11 is 5.89. The molecule has 2 N–H and O–H groups in total. The van der Waals surface area contributed by atoms with Crippen LogP contribution in [0.5, 0.6) is 11.5 Å². The first-order valence-corrected chi connectivity index (χ1v) is 10.9. The normalized spacial score (nSPS) is 11.9. The van der Waals surface area contributed by atoms with Crippen molar-refractivity contribution in [3.05, 3.63) is 89.4 Å². The molecule has 0 heterocycles. The van der Waals surface area contributed by atoms with Gasteiger partial charge < -0.3 is 20.1 Å². The van der Waals surface area contributed by atoms with Crippen LogP contribution in [-0.2, 0) is 16.0 Å². The van der Waals surface area contributed by atoms with Crippen LogP contribution in [0.3, 0.4) is 0 Å². The van der Waals surface area contributed by atoms with Gasteiger partial charge in [-0.2, -0.15) is 0 Å². The summed E-state index contributed by atoms with van der Waals surface area (Å²) in [6.45, 7) is 5.37. The minimum Gasteiger partial charge on any atom is -0.458 e. The molecule has 0 radical (unpaired) electrons. The van der Waals surface area contributed by atoms with Gasteiger partial charge in [-0.25, -0.2) is 9.59 Å². The molecule has 6 nitrogen and oxygen atoms in total. The standard InChI is InChI=1S/C26H27ClN2O4/c1-26(2,3)33-24(30)23(17-18-7-5-4-6-8-18)29-25(31)28-20-11-15-22(16-12-20)32-21-13-9-19(27)10-14-21/h4-16,23H,17H2,1-3H3,(H2,28,29,31). The molecule has 2 amide bonds. The molecule has 0 aliphatic carbocycles. The van der Waals surface area contributed by atoms with Gasteiger partial charge in [0.05, 0.1) is 0 Å². The molecule has 0 aliphatic heterocycles. The van der Waals surface area contributed by atoms with Crippen molar-refractivity contribution in [1.29, 1.82) is 0 Å². The molecule has 0 fully saturated rings. The van der Waals surface area contributed by atoms with Gasteiger partial charge in [0, 0.05) is 17.1 Å². The van der Waals surface area contributed by atoms with Crippen molar-refractivity contribution in [2.45, 2.75) is 38.8 Å². The van der Waals surface area contributed by atoms with E-state index in [1.54, 1.807) is 69.3 Å². The van der Waals surface area contributed by atoms with Crippen molar-refractivity contribution < 1.29 is 19.1 Å². The smallest absolute Gasteiger partial charge is 0.329 e. The van der Waals surface area contributed by atoms with Gasteiger partial charge in [-0.1, -0.05) is 41.9 Å². The molecule has 0 spiro atoms. The van der Waals surface area contributed by atoms with E-state index in [1.165, 1.54) is 0 Å². The Morgan fingerprint density at radius 1 is 0.879 bits per heavy atom. The number of benzene rings is 3. The van der Waals surface area contributed by atoms with E-state index in [0.29, 0.717) is 28.6 Å². The number of hydrogen-bond donors (Lipinski definition) is 2. The largest absolute Gasteiger partial charge is 0.458 e. The van der Waals surface area contributed by atoms with E-state index in [0.717, 1.165) is 5.56 Å². The lowest BCUT2D eigenvalue weighted by Crippen LogP contribution is -2.47. The fourth-order valence-electron chi connectivity index (χ4n) is 2.99. The van der Waals surface area contributed by atoms with Crippen LogP contribution < -0.4 is 15.4 Å². The zero-order valence-electron chi connectivity index (χ0n) is 18.8. The molecular weight excluding hydrogens is 440 g/mol. The van der Waals surface area contributed by atoms with E-state index < -0.39 is 23.6 Å². The lowest BCUT2D eigenvalue weighted by molar-refractivity contribution is -0.157. The Balaban J connectivity index is 1.62. The zero-order valence-corrected chi connectivity index (χ0v) is 19.6. The highest BCUT2D eigenvalue weighted by Crippen LogP contribution is 2.24. The summed E-state index contributed by atoms with van der Waals surface area (Å²) in [5, 5.41) is 6.10. The van der Waals surface area contributed by atoms with Crippen molar-refractivity contribution in [2.24, 2.45) is 0 Å². The maximum absolute atomic E-state index is 12.7. The maximum Gasteiger partial charge on any atom is 0.329 e. The fraction of sp³-hybridized carbons (Fsp3) is 0.231. The van der Waals surface area contributed by atoms with E-state index in [2.05, 4.69) is 10.6 Å². The predicted octanol–water partition coefficient (Wildman–Crippen LogP) is 6.21. The summed E-state index contributed by atoms with van der Waals surface area (Å²) in [4.78, 5) is 25.3. The number of carbonyl (C=O) groups excluding carboxylic acids is 2. The lowest BCUT2D eigenvalue weighted by Gasteiger charge is -2.24. The summed E-state index contributed by atoms with van der Waals surface area (Å²) in [7, 11) is 0. The van der Waals surface area contributed by atoms with Crippen LogP contribution in [0.25, 0.3) is 0 Å². The number of urea groups is 1. The van der Waals surface area contributed by atoms with Crippen molar-refractivity contribution in [1.82, 2.24) is 5.32 Å². The molecule has 0 aliphatic rings. The molecule has 3 aromatic rings. The Hall–Kier alpha value is -3.51. The molecule has 3 aromatic carbocycles. The number of halogens is 1. The highest BCUT2D eigenvalue weighted by Gasteiger charge is 2.27. The minimum atomic E-state index is -0.834. The van der Waals surface area contributed by atoms with Crippen molar-refractivity contribution in [3.63, 3.8) is 0 Å². The lowest BCUT2D eigenvalue weighted by atomic mass is 10.1. The summed E-state index contributed by atoms with van der Waals surface area (Å²) < 4.78 is 11.3. The molecule has 172 valence electrons. The number of rotatable bonds is 7. The van der Waals surface area contributed by atoms with Crippen LogP contribution in [-0.4, -0.2) is 23.6 Å². The number of hydrogen-bond acceptors (Lipinski definition) is 4. The van der Waals surface area contributed by atoms with E-state index in [9.17, 15) is 9.59 Å². The fourth-order valence-corrected chi connectivity index (χ4v) is 3.11. The van der Waals surface area contributed by atoms with Crippen LogP contribution >= 0.6 is 11.6 Å². The molecule has 33 heavy (non-hydrogen) atoms. The van der Waals surface area contributed by atoms with E-state index in [4.69, 9.17) is 21.1 Å².